The van der Waals surface area contributed by atoms with E-state index < -0.39 is 9.04 Å². The van der Waals surface area contributed by atoms with Crippen molar-refractivity contribution in [2.24, 2.45) is 0 Å². The van der Waals surface area contributed by atoms with E-state index in [9.17, 15) is 0 Å². The van der Waals surface area contributed by atoms with Gasteiger partial charge in [0.05, 0.1) is 5.60 Å². The minimum Gasteiger partial charge on any atom is -0.401 e. The Morgan fingerprint density at radius 3 is 2.25 bits per heavy atom. The maximum atomic E-state index is 6.69. The molecular weight excluding hydrogens is 310 g/mol. The Balaban J connectivity index is 2.41. The first kappa shape index (κ1) is 18.7. The number of allylic oxidation sites excluding steroid dienone is 1. The molecule has 0 aromatic heterocycles. The van der Waals surface area contributed by atoms with Gasteiger partial charge in [-0.2, -0.15) is 0 Å². The van der Waals surface area contributed by atoms with Crippen LogP contribution in [0.5, 0.6) is 0 Å². The molecule has 2 aromatic carbocycles. The van der Waals surface area contributed by atoms with Gasteiger partial charge in [-0.25, -0.2) is 0 Å². The van der Waals surface area contributed by atoms with E-state index in [1.54, 1.807) is 0 Å². The van der Waals surface area contributed by atoms with Crippen molar-refractivity contribution in [3.63, 3.8) is 0 Å². The van der Waals surface area contributed by atoms with Crippen LogP contribution in [-0.4, -0.2) is 40.2 Å². The molecular formula is C21H28NOSi. The fraction of sp³-hybridized carbons (Fsp3) is 0.333. The molecule has 1 radical (unpaired) electrons. The number of hydrogen-bond donors (Lipinski definition) is 0. The minimum absolute atomic E-state index is 0.215. The van der Waals surface area contributed by atoms with E-state index in [1.165, 1.54) is 15.9 Å². The predicted octanol–water partition coefficient (Wildman–Crippen LogP) is 3.18. The van der Waals surface area contributed by atoms with Crippen molar-refractivity contribution in [3.8, 4) is 0 Å². The van der Waals surface area contributed by atoms with Gasteiger partial charge in [-0.1, -0.05) is 66.7 Å². The molecule has 0 aliphatic rings. The largest absolute Gasteiger partial charge is 0.401 e. The van der Waals surface area contributed by atoms with Gasteiger partial charge in [-0.05, 0) is 50.8 Å². The summed E-state index contributed by atoms with van der Waals surface area (Å²) >= 11 is 0. The van der Waals surface area contributed by atoms with Crippen molar-refractivity contribution in [2.75, 3.05) is 20.6 Å². The number of hydrogen-bond acceptors (Lipinski definition) is 2. The van der Waals surface area contributed by atoms with Crippen LogP contribution in [-0.2, 0) is 4.43 Å². The standard InChI is InChI=1S/C21H28NOSi/c1-17(2)18-11-10-14-20(15-18)24(19-12-8-7-9-13-19)23-21(3,4)16-22(5)6/h7-15H,1,16H2,2-6H3. The topological polar surface area (TPSA) is 12.5 Å². The van der Waals surface area contributed by atoms with Crippen LogP contribution >= 0.6 is 0 Å². The molecule has 0 aliphatic heterocycles. The zero-order chi connectivity index (χ0) is 17.7. The lowest BCUT2D eigenvalue weighted by atomic mass is 10.1. The highest BCUT2D eigenvalue weighted by molar-refractivity contribution is 6.80. The van der Waals surface area contributed by atoms with E-state index in [-0.39, 0.29) is 5.60 Å². The van der Waals surface area contributed by atoms with E-state index in [0.717, 1.165) is 12.1 Å². The SMILES string of the molecule is C=C(C)c1cccc([Si](OC(C)(C)CN(C)C)c2ccccc2)c1. The Kier molecular flexibility index (Phi) is 6.16. The van der Waals surface area contributed by atoms with Crippen molar-refractivity contribution in [1.29, 1.82) is 0 Å². The summed E-state index contributed by atoms with van der Waals surface area (Å²) in [7, 11) is 2.85. The van der Waals surface area contributed by atoms with Crippen LogP contribution in [0.1, 0.15) is 26.3 Å². The highest BCUT2D eigenvalue weighted by Crippen LogP contribution is 2.14. The van der Waals surface area contributed by atoms with Crippen molar-refractivity contribution < 1.29 is 4.43 Å². The number of rotatable bonds is 7. The molecule has 3 heteroatoms. The maximum Gasteiger partial charge on any atom is 0.283 e. The smallest absolute Gasteiger partial charge is 0.283 e. The first-order valence-electron chi connectivity index (χ1n) is 8.31. The monoisotopic (exact) mass is 338 g/mol. The van der Waals surface area contributed by atoms with Gasteiger partial charge in [0.15, 0.2) is 0 Å². The van der Waals surface area contributed by atoms with Gasteiger partial charge in [-0.3, -0.25) is 0 Å². The number of benzene rings is 2. The minimum atomic E-state index is -1.32. The molecule has 0 fully saturated rings. The van der Waals surface area contributed by atoms with Gasteiger partial charge in [0, 0.05) is 6.54 Å². The summed E-state index contributed by atoms with van der Waals surface area (Å²) in [5.74, 6) is 0. The summed E-state index contributed by atoms with van der Waals surface area (Å²) in [6.07, 6.45) is 0. The van der Waals surface area contributed by atoms with Crippen molar-refractivity contribution in [2.45, 2.75) is 26.4 Å². The summed E-state index contributed by atoms with van der Waals surface area (Å²) in [5, 5.41) is 2.53. The van der Waals surface area contributed by atoms with Crippen LogP contribution in [0.25, 0.3) is 5.57 Å². The first-order chi connectivity index (χ1) is 11.3. The molecule has 2 aromatic rings. The zero-order valence-corrected chi connectivity index (χ0v) is 16.5. The molecule has 0 spiro atoms. The Morgan fingerprint density at radius 2 is 1.67 bits per heavy atom. The first-order valence-corrected chi connectivity index (χ1v) is 9.72. The predicted molar refractivity (Wildman–Crippen MR) is 106 cm³/mol. The molecule has 24 heavy (non-hydrogen) atoms. The summed E-state index contributed by atoms with van der Waals surface area (Å²) < 4.78 is 6.69. The quantitative estimate of drug-likeness (QED) is 0.719. The average Bonchev–Trinajstić information content (AvgIpc) is 2.52. The Morgan fingerprint density at radius 1 is 1.04 bits per heavy atom. The van der Waals surface area contributed by atoms with Gasteiger partial charge in [-0.15, -0.1) is 0 Å². The molecule has 0 saturated carbocycles. The molecule has 0 N–H and O–H groups in total. The Bertz CT molecular complexity index is 679. The van der Waals surface area contributed by atoms with Gasteiger partial charge < -0.3 is 9.33 Å². The van der Waals surface area contributed by atoms with Crippen molar-refractivity contribution in [3.05, 3.63) is 66.7 Å². The Labute approximate surface area is 148 Å². The molecule has 0 heterocycles. The fourth-order valence-electron chi connectivity index (χ4n) is 2.87. The van der Waals surface area contributed by atoms with Gasteiger partial charge in [0.1, 0.15) is 0 Å². The summed E-state index contributed by atoms with van der Waals surface area (Å²) in [4.78, 5) is 2.18. The lowest BCUT2D eigenvalue weighted by Crippen LogP contribution is -2.52. The van der Waals surface area contributed by atoms with Gasteiger partial charge in [0.25, 0.3) is 9.04 Å². The molecule has 127 valence electrons. The van der Waals surface area contributed by atoms with Crippen LogP contribution in [0, 0.1) is 0 Å². The third-order valence-corrected chi connectivity index (χ3v) is 6.18. The molecule has 2 nitrogen and oxygen atoms in total. The van der Waals surface area contributed by atoms with E-state index >= 15 is 0 Å². The van der Waals surface area contributed by atoms with Crippen LogP contribution in [0.15, 0.2) is 61.2 Å². The van der Waals surface area contributed by atoms with E-state index in [2.05, 4.69) is 94.0 Å². The second-order valence-corrected chi connectivity index (χ2v) is 9.17. The van der Waals surface area contributed by atoms with Crippen LogP contribution in [0.3, 0.4) is 0 Å². The zero-order valence-electron chi connectivity index (χ0n) is 15.5. The molecule has 0 saturated heterocycles. The lowest BCUT2D eigenvalue weighted by molar-refractivity contribution is 0.0803. The fourth-order valence-corrected chi connectivity index (χ4v) is 5.09. The molecule has 0 amide bonds. The van der Waals surface area contributed by atoms with E-state index in [1.807, 2.05) is 6.92 Å². The third-order valence-electron chi connectivity index (χ3n) is 3.73. The van der Waals surface area contributed by atoms with Crippen LogP contribution in [0.4, 0.5) is 0 Å². The highest BCUT2D eigenvalue weighted by atomic mass is 28.3. The van der Waals surface area contributed by atoms with E-state index in [4.69, 9.17) is 4.43 Å². The molecule has 0 bridgehead atoms. The summed E-state index contributed by atoms with van der Waals surface area (Å²) in [6.45, 7) is 11.3. The van der Waals surface area contributed by atoms with Crippen LogP contribution < -0.4 is 10.4 Å². The maximum absolute atomic E-state index is 6.69. The van der Waals surface area contributed by atoms with Gasteiger partial charge in [0.2, 0.25) is 0 Å². The number of likely N-dealkylation sites (N-methyl/N-ethyl adjacent to an activating group) is 1. The van der Waals surface area contributed by atoms with E-state index in [0.29, 0.717) is 0 Å². The molecule has 0 unspecified atom stereocenters. The lowest BCUT2D eigenvalue weighted by Gasteiger charge is -2.33. The Hall–Kier alpha value is -1.68. The summed E-state index contributed by atoms with van der Waals surface area (Å²) in [5.41, 5.74) is 2.05. The number of nitrogens with zero attached hydrogens (tertiary/aromatic N) is 1. The molecule has 0 aliphatic carbocycles. The second kappa shape index (κ2) is 7.93. The molecule has 2 rings (SSSR count). The molecule has 0 atom stereocenters. The van der Waals surface area contributed by atoms with Crippen molar-refractivity contribution >= 4 is 25.0 Å². The summed E-state index contributed by atoms with van der Waals surface area (Å²) in [6, 6.07) is 19.2. The van der Waals surface area contributed by atoms with Crippen molar-refractivity contribution in [1.82, 2.24) is 4.90 Å². The highest BCUT2D eigenvalue weighted by Gasteiger charge is 2.29. The van der Waals surface area contributed by atoms with Gasteiger partial charge >= 0.3 is 0 Å². The normalized spacial score (nSPS) is 12.0. The average molecular weight is 339 g/mol. The second-order valence-electron chi connectivity index (χ2n) is 7.16. The third kappa shape index (κ3) is 5.16. The van der Waals surface area contributed by atoms with Crippen LogP contribution in [0.2, 0.25) is 0 Å².